The minimum Gasteiger partial charge on any atom is -0.444 e. The van der Waals surface area contributed by atoms with E-state index in [0.29, 0.717) is 6.42 Å². The number of alkyl carbamates (subject to hydrolysis) is 1. The first-order valence-corrected chi connectivity index (χ1v) is 5.83. The summed E-state index contributed by atoms with van der Waals surface area (Å²) in [6, 6.07) is -0.352. The maximum absolute atomic E-state index is 11.6. The van der Waals surface area contributed by atoms with Crippen LogP contribution in [0.2, 0.25) is 0 Å². The van der Waals surface area contributed by atoms with E-state index in [4.69, 9.17) is 4.74 Å². The molecule has 4 heteroatoms. The van der Waals surface area contributed by atoms with Crippen molar-refractivity contribution in [2.24, 2.45) is 5.41 Å². The molecule has 0 aliphatic carbocycles. The summed E-state index contributed by atoms with van der Waals surface area (Å²) < 4.78 is 5.16. The largest absolute Gasteiger partial charge is 0.444 e. The van der Waals surface area contributed by atoms with Crippen molar-refractivity contribution in [1.29, 1.82) is 0 Å². The van der Waals surface area contributed by atoms with Gasteiger partial charge in [0, 0.05) is 0 Å². The Balaban J connectivity index is 4.50. The molecule has 0 rings (SSSR count). The molecule has 0 saturated heterocycles. The van der Waals surface area contributed by atoms with E-state index in [1.165, 1.54) is 0 Å². The second-order valence-corrected chi connectivity index (χ2v) is 5.86. The molecule has 0 radical (unpaired) electrons. The maximum atomic E-state index is 11.6. The molecule has 1 amide bonds. The van der Waals surface area contributed by atoms with E-state index >= 15 is 0 Å². The average molecular weight is 243 g/mol. The van der Waals surface area contributed by atoms with Gasteiger partial charge >= 0.3 is 6.09 Å². The van der Waals surface area contributed by atoms with E-state index in [2.05, 4.69) is 11.9 Å². The SMILES string of the molecule is C=CCC(C)(C)[C@@H](CO)NC(=O)OC(C)(C)C. The summed E-state index contributed by atoms with van der Waals surface area (Å²) in [6.45, 7) is 12.9. The third-order valence-corrected chi connectivity index (χ3v) is 2.49. The van der Waals surface area contributed by atoms with Crippen LogP contribution in [0.5, 0.6) is 0 Å². The van der Waals surface area contributed by atoms with E-state index in [0.717, 1.165) is 0 Å². The molecule has 0 aromatic rings. The van der Waals surface area contributed by atoms with Gasteiger partial charge in [0.15, 0.2) is 0 Å². The maximum Gasteiger partial charge on any atom is 0.407 e. The smallest absolute Gasteiger partial charge is 0.407 e. The average Bonchev–Trinajstić information content (AvgIpc) is 2.10. The lowest BCUT2D eigenvalue weighted by Gasteiger charge is -2.33. The van der Waals surface area contributed by atoms with Gasteiger partial charge in [-0.2, -0.15) is 0 Å². The standard InChI is InChI=1S/C13H25NO3/c1-7-8-13(5,6)10(9-15)14-11(16)17-12(2,3)4/h7,10,15H,1,8-9H2,2-6H3,(H,14,16)/t10-/m1/s1. The van der Waals surface area contributed by atoms with Gasteiger partial charge in [0.2, 0.25) is 0 Å². The minimum absolute atomic E-state index is 0.125. The van der Waals surface area contributed by atoms with Gasteiger partial charge in [0.05, 0.1) is 12.6 Å². The van der Waals surface area contributed by atoms with Crippen molar-refractivity contribution in [3.8, 4) is 0 Å². The minimum atomic E-state index is -0.535. The molecule has 0 spiro atoms. The van der Waals surface area contributed by atoms with Crippen LogP contribution in [0.4, 0.5) is 4.79 Å². The van der Waals surface area contributed by atoms with Crippen molar-refractivity contribution in [3.63, 3.8) is 0 Å². The number of carbonyl (C=O) groups excluding carboxylic acids is 1. The summed E-state index contributed by atoms with van der Waals surface area (Å²) in [5, 5.41) is 12.0. The molecule has 4 nitrogen and oxygen atoms in total. The molecule has 1 atom stereocenters. The number of rotatable bonds is 5. The normalized spacial score (nSPS) is 14.0. The number of allylic oxidation sites excluding steroid dienone is 1. The first-order chi connectivity index (χ1) is 7.62. The van der Waals surface area contributed by atoms with Gasteiger partial charge < -0.3 is 15.2 Å². The second-order valence-electron chi connectivity index (χ2n) is 5.86. The molecular weight excluding hydrogens is 218 g/mol. The zero-order valence-electron chi connectivity index (χ0n) is 11.5. The number of nitrogens with one attached hydrogen (secondary N) is 1. The number of aliphatic hydroxyl groups is 1. The van der Waals surface area contributed by atoms with Crippen LogP contribution in [-0.2, 0) is 4.74 Å². The van der Waals surface area contributed by atoms with Gasteiger partial charge in [0.1, 0.15) is 5.60 Å². The van der Waals surface area contributed by atoms with Gasteiger partial charge in [-0.05, 0) is 32.6 Å². The van der Waals surface area contributed by atoms with E-state index in [9.17, 15) is 9.90 Å². The lowest BCUT2D eigenvalue weighted by Crippen LogP contribution is -2.48. The van der Waals surface area contributed by atoms with Crippen molar-refractivity contribution in [2.45, 2.75) is 52.7 Å². The van der Waals surface area contributed by atoms with E-state index in [1.54, 1.807) is 26.8 Å². The van der Waals surface area contributed by atoms with Crippen molar-refractivity contribution in [1.82, 2.24) is 5.32 Å². The van der Waals surface area contributed by atoms with Crippen LogP contribution in [0.1, 0.15) is 41.0 Å². The molecule has 0 fully saturated rings. The number of amides is 1. The molecule has 0 aromatic carbocycles. The summed E-state index contributed by atoms with van der Waals surface area (Å²) >= 11 is 0. The molecule has 0 aliphatic heterocycles. The predicted molar refractivity (Wildman–Crippen MR) is 68.8 cm³/mol. The summed E-state index contributed by atoms with van der Waals surface area (Å²) in [5.74, 6) is 0. The Morgan fingerprint density at radius 3 is 2.29 bits per heavy atom. The zero-order chi connectivity index (χ0) is 13.7. The fraction of sp³-hybridized carbons (Fsp3) is 0.769. The summed E-state index contributed by atoms with van der Waals surface area (Å²) in [4.78, 5) is 11.6. The molecule has 0 aliphatic rings. The van der Waals surface area contributed by atoms with Crippen molar-refractivity contribution < 1.29 is 14.6 Å². The molecule has 17 heavy (non-hydrogen) atoms. The van der Waals surface area contributed by atoms with Gasteiger partial charge in [-0.3, -0.25) is 0 Å². The van der Waals surface area contributed by atoms with E-state index in [1.807, 2.05) is 13.8 Å². The van der Waals surface area contributed by atoms with E-state index < -0.39 is 11.7 Å². The van der Waals surface area contributed by atoms with Crippen LogP contribution < -0.4 is 5.32 Å². The Hall–Kier alpha value is -1.03. The van der Waals surface area contributed by atoms with E-state index in [-0.39, 0.29) is 18.1 Å². The fourth-order valence-electron chi connectivity index (χ4n) is 1.45. The monoisotopic (exact) mass is 243 g/mol. The first-order valence-electron chi connectivity index (χ1n) is 5.83. The van der Waals surface area contributed by atoms with Gasteiger partial charge in [-0.25, -0.2) is 4.79 Å². The molecule has 2 N–H and O–H groups in total. The highest BCUT2D eigenvalue weighted by Gasteiger charge is 2.30. The Morgan fingerprint density at radius 1 is 1.41 bits per heavy atom. The van der Waals surface area contributed by atoms with Crippen LogP contribution in [0.15, 0.2) is 12.7 Å². The number of hydrogen-bond donors (Lipinski definition) is 2. The van der Waals surface area contributed by atoms with Crippen LogP contribution >= 0.6 is 0 Å². The highest BCUT2D eigenvalue weighted by molar-refractivity contribution is 5.68. The summed E-state index contributed by atoms with van der Waals surface area (Å²) in [5.41, 5.74) is -0.792. The molecule has 0 heterocycles. The van der Waals surface area contributed by atoms with Crippen LogP contribution in [-0.4, -0.2) is 29.4 Å². The first kappa shape index (κ1) is 16.0. The number of aliphatic hydroxyl groups excluding tert-OH is 1. The number of carbonyl (C=O) groups is 1. The van der Waals surface area contributed by atoms with Crippen molar-refractivity contribution >= 4 is 6.09 Å². The Labute approximate surface area is 104 Å². The Morgan fingerprint density at radius 2 is 1.94 bits per heavy atom. The molecule has 0 unspecified atom stereocenters. The highest BCUT2D eigenvalue weighted by atomic mass is 16.6. The van der Waals surface area contributed by atoms with Crippen molar-refractivity contribution in [3.05, 3.63) is 12.7 Å². The van der Waals surface area contributed by atoms with Crippen LogP contribution in [0.25, 0.3) is 0 Å². The van der Waals surface area contributed by atoms with Crippen LogP contribution in [0, 0.1) is 5.41 Å². The van der Waals surface area contributed by atoms with Gasteiger partial charge in [0.25, 0.3) is 0 Å². The summed E-state index contributed by atoms with van der Waals surface area (Å²) in [7, 11) is 0. The zero-order valence-corrected chi connectivity index (χ0v) is 11.5. The highest BCUT2D eigenvalue weighted by Crippen LogP contribution is 2.25. The molecule has 0 saturated carbocycles. The molecule has 100 valence electrons. The molecule has 0 aromatic heterocycles. The van der Waals surface area contributed by atoms with Crippen LogP contribution in [0.3, 0.4) is 0 Å². The van der Waals surface area contributed by atoms with Gasteiger partial charge in [-0.1, -0.05) is 19.9 Å². The molecular formula is C13H25NO3. The molecule has 0 bridgehead atoms. The number of ether oxygens (including phenoxy) is 1. The van der Waals surface area contributed by atoms with Gasteiger partial charge in [-0.15, -0.1) is 6.58 Å². The predicted octanol–water partition coefficient (Wildman–Crippen LogP) is 2.47. The second kappa shape index (κ2) is 6.05. The third-order valence-electron chi connectivity index (χ3n) is 2.49. The lowest BCUT2D eigenvalue weighted by atomic mass is 9.81. The third kappa shape index (κ3) is 6.31. The Kier molecular flexibility index (Phi) is 5.69. The lowest BCUT2D eigenvalue weighted by molar-refractivity contribution is 0.0408. The number of hydrogen-bond acceptors (Lipinski definition) is 3. The van der Waals surface area contributed by atoms with Crippen molar-refractivity contribution in [2.75, 3.05) is 6.61 Å². The summed E-state index contributed by atoms with van der Waals surface area (Å²) in [6.07, 6.45) is 1.97. The Bertz CT molecular complexity index is 266. The fourth-order valence-corrected chi connectivity index (χ4v) is 1.45. The topological polar surface area (TPSA) is 58.6 Å². The quantitative estimate of drug-likeness (QED) is 0.729.